The van der Waals surface area contributed by atoms with Crippen molar-refractivity contribution in [1.82, 2.24) is 4.98 Å². The maximum atomic E-state index is 10.8. The Kier molecular flexibility index (Phi) is 2.91. The number of nitrogen functional groups attached to an aromatic ring is 1. The van der Waals surface area contributed by atoms with Crippen LogP contribution >= 0.6 is 0 Å². The molecule has 17 heavy (non-hydrogen) atoms. The van der Waals surface area contributed by atoms with Gasteiger partial charge in [-0.05, 0) is 30.3 Å². The Balaban J connectivity index is 2.24. The first kappa shape index (κ1) is 10.9. The maximum absolute atomic E-state index is 10.8. The Morgan fingerprint density at radius 2 is 2.12 bits per heavy atom. The van der Waals surface area contributed by atoms with Gasteiger partial charge in [0.15, 0.2) is 0 Å². The summed E-state index contributed by atoms with van der Waals surface area (Å²) in [5.74, 6) is -1.03. The van der Waals surface area contributed by atoms with Crippen LogP contribution in [0, 0.1) is 0 Å². The number of nitrogens with two attached hydrogens (primary N) is 1. The number of benzene rings is 1. The predicted octanol–water partition coefficient (Wildman–Crippen LogP) is 2.11. The molecule has 0 radical (unpaired) electrons. The van der Waals surface area contributed by atoms with E-state index in [0.29, 0.717) is 0 Å². The molecule has 0 saturated heterocycles. The van der Waals surface area contributed by atoms with Crippen LogP contribution in [-0.4, -0.2) is 16.1 Å². The molecule has 0 unspecified atom stereocenters. The van der Waals surface area contributed by atoms with E-state index in [4.69, 9.17) is 10.8 Å². The van der Waals surface area contributed by atoms with E-state index < -0.39 is 5.97 Å². The number of carboxylic acids is 1. The van der Waals surface area contributed by atoms with Gasteiger partial charge in [0.2, 0.25) is 0 Å². The summed E-state index contributed by atoms with van der Waals surface area (Å²) in [7, 11) is 0. The van der Waals surface area contributed by atoms with Crippen molar-refractivity contribution in [3.63, 3.8) is 0 Å². The van der Waals surface area contributed by atoms with Crippen LogP contribution in [0.15, 0.2) is 42.7 Å². The fourth-order valence-electron chi connectivity index (χ4n) is 1.44. The van der Waals surface area contributed by atoms with Crippen molar-refractivity contribution >= 4 is 23.0 Å². The molecule has 2 aromatic rings. The van der Waals surface area contributed by atoms with E-state index in [1.807, 2.05) is 6.07 Å². The molecule has 5 heteroatoms. The highest BCUT2D eigenvalue weighted by atomic mass is 16.4. The average molecular weight is 229 g/mol. The van der Waals surface area contributed by atoms with Crippen molar-refractivity contribution in [3.8, 4) is 0 Å². The Hall–Kier alpha value is -2.56. The van der Waals surface area contributed by atoms with E-state index in [1.165, 1.54) is 6.07 Å². The molecule has 1 aromatic heterocycles. The molecule has 0 bridgehead atoms. The third kappa shape index (κ3) is 2.52. The molecular weight excluding hydrogens is 218 g/mol. The summed E-state index contributed by atoms with van der Waals surface area (Å²) in [5.41, 5.74) is 7.50. The molecule has 0 aliphatic heterocycles. The Morgan fingerprint density at radius 1 is 1.29 bits per heavy atom. The smallest absolute Gasteiger partial charge is 0.337 e. The van der Waals surface area contributed by atoms with Crippen molar-refractivity contribution in [2.24, 2.45) is 0 Å². The predicted molar refractivity (Wildman–Crippen MR) is 65.3 cm³/mol. The highest BCUT2D eigenvalue weighted by Gasteiger charge is 2.07. The third-order valence-electron chi connectivity index (χ3n) is 2.23. The van der Waals surface area contributed by atoms with Gasteiger partial charge in [-0.25, -0.2) is 4.79 Å². The van der Waals surface area contributed by atoms with Crippen LogP contribution in [-0.2, 0) is 0 Å². The van der Waals surface area contributed by atoms with Gasteiger partial charge in [-0.1, -0.05) is 0 Å². The molecule has 86 valence electrons. The molecule has 0 atom stereocenters. The van der Waals surface area contributed by atoms with Gasteiger partial charge in [0.1, 0.15) is 0 Å². The lowest BCUT2D eigenvalue weighted by molar-refractivity contribution is 0.0698. The Labute approximate surface area is 97.9 Å². The molecule has 0 saturated carbocycles. The third-order valence-corrected chi connectivity index (χ3v) is 2.23. The Bertz CT molecular complexity index is 541. The van der Waals surface area contributed by atoms with Gasteiger partial charge in [0.05, 0.1) is 17.4 Å². The van der Waals surface area contributed by atoms with E-state index >= 15 is 0 Å². The van der Waals surface area contributed by atoms with E-state index in [9.17, 15) is 4.79 Å². The molecule has 0 spiro atoms. The van der Waals surface area contributed by atoms with Gasteiger partial charge in [-0.2, -0.15) is 0 Å². The number of aromatic carboxylic acids is 1. The SMILES string of the molecule is Nc1cc(Nc2cccnc2)ccc1C(=O)O. The van der Waals surface area contributed by atoms with E-state index in [2.05, 4.69) is 10.3 Å². The van der Waals surface area contributed by atoms with Crippen molar-refractivity contribution < 1.29 is 9.90 Å². The van der Waals surface area contributed by atoms with Crippen LogP contribution in [0.4, 0.5) is 17.1 Å². The molecule has 2 rings (SSSR count). The average Bonchev–Trinajstić information content (AvgIpc) is 2.30. The summed E-state index contributed by atoms with van der Waals surface area (Å²) >= 11 is 0. The van der Waals surface area contributed by atoms with E-state index in [-0.39, 0.29) is 11.3 Å². The number of hydrogen-bond acceptors (Lipinski definition) is 4. The van der Waals surface area contributed by atoms with Gasteiger partial charge in [0, 0.05) is 17.6 Å². The topological polar surface area (TPSA) is 88.2 Å². The number of pyridine rings is 1. The first-order valence-electron chi connectivity index (χ1n) is 4.96. The van der Waals surface area contributed by atoms with Gasteiger partial charge in [-0.3, -0.25) is 4.98 Å². The van der Waals surface area contributed by atoms with Crippen LogP contribution in [0.5, 0.6) is 0 Å². The number of nitrogens with one attached hydrogen (secondary N) is 1. The maximum Gasteiger partial charge on any atom is 0.337 e. The second kappa shape index (κ2) is 4.52. The largest absolute Gasteiger partial charge is 0.478 e. The van der Waals surface area contributed by atoms with Crippen molar-refractivity contribution in [2.45, 2.75) is 0 Å². The number of carbonyl (C=O) groups is 1. The first-order valence-corrected chi connectivity index (χ1v) is 4.96. The summed E-state index contributed by atoms with van der Waals surface area (Å²) in [6.45, 7) is 0. The molecule has 4 N–H and O–H groups in total. The zero-order valence-corrected chi connectivity index (χ0v) is 8.92. The van der Waals surface area contributed by atoms with Gasteiger partial charge < -0.3 is 16.2 Å². The summed E-state index contributed by atoms with van der Waals surface area (Å²) in [5, 5.41) is 11.9. The highest BCUT2D eigenvalue weighted by molar-refractivity contribution is 5.94. The minimum atomic E-state index is -1.03. The van der Waals surface area contributed by atoms with Crippen LogP contribution in [0.2, 0.25) is 0 Å². The highest BCUT2D eigenvalue weighted by Crippen LogP contribution is 2.21. The summed E-state index contributed by atoms with van der Waals surface area (Å²) in [4.78, 5) is 14.7. The van der Waals surface area contributed by atoms with Crippen LogP contribution in [0.3, 0.4) is 0 Å². The first-order chi connectivity index (χ1) is 8.16. The summed E-state index contributed by atoms with van der Waals surface area (Å²) in [6, 6.07) is 8.37. The standard InChI is InChI=1S/C12H11N3O2/c13-11-6-8(3-4-10(11)12(16)17)15-9-2-1-5-14-7-9/h1-7,15H,13H2,(H,16,17). The van der Waals surface area contributed by atoms with Crippen LogP contribution in [0.25, 0.3) is 0 Å². The number of nitrogens with zero attached hydrogens (tertiary/aromatic N) is 1. The molecule has 1 heterocycles. The second-order valence-corrected chi connectivity index (χ2v) is 3.47. The monoisotopic (exact) mass is 229 g/mol. The number of rotatable bonds is 3. The normalized spacial score (nSPS) is 9.88. The zero-order chi connectivity index (χ0) is 12.3. The zero-order valence-electron chi connectivity index (χ0n) is 8.92. The fraction of sp³-hybridized carbons (Fsp3) is 0. The number of hydrogen-bond donors (Lipinski definition) is 3. The number of carboxylic acid groups (broad SMARTS) is 1. The molecule has 0 aliphatic carbocycles. The summed E-state index contributed by atoms with van der Waals surface area (Å²) < 4.78 is 0. The van der Waals surface area contributed by atoms with E-state index in [1.54, 1.807) is 30.6 Å². The van der Waals surface area contributed by atoms with Gasteiger partial charge in [-0.15, -0.1) is 0 Å². The van der Waals surface area contributed by atoms with Gasteiger partial charge in [0.25, 0.3) is 0 Å². The fourth-order valence-corrected chi connectivity index (χ4v) is 1.44. The minimum Gasteiger partial charge on any atom is -0.478 e. The van der Waals surface area contributed by atoms with Crippen LogP contribution in [0.1, 0.15) is 10.4 Å². The quantitative estimate of drug-likeness (QED) is 0.701. The molecule has 0 aliphatic rings. The number of anilines is 3. The van der Waals surface area contributed by atoms with Gasteiger partial charge >= 0.3 is 5.97 Å². The second-order valence-electron chi connectivity index (χ2n) is 3.47. The summed E-state index contributed by atoms with van der Waals surface area (Å²) in [6.07, 6.45) is 3.34. The molecular formula is C12H11N3O2. The molecule has 1 aromatic carbocycles. The molecule has 0 amide bonds. The lowest BCUT2D eigenvalue weighted by Crippen LogP contribution is -2.03. The molecule has 5 nitrogen and oxygen atoms in total. The Morgan fingerprint density at radius 3 is 2.71 bits per heavy atom. The van der Waals surface area contributed by atoms with E-state index in [0.717, 1.165) is 11.4 Å². The van der Waals surface area contributed by atoms with Crippen LogP contribution < -0.4 is 11.1 Å². The van der Waals surface area contributed by atoms with Crippen molar-refractivity contribution in [2.75, 3.05) is 11.1 Å². The van der Waals surface area contributed by atoms with Crippen molar-refractivity contribution in [3.05, 3.63) is 48.3 Å². The van der Waals surface area contributed by atoms with Crippen molar-refractivity contribution in [1.29, 1.82) is 0 Å². The lowest BCUT2D eigenvalue weighted by Gasteiger charge is -2.07. The molecule has 0 fully saturated rings. The number of aromatic nitrogens is 1. The lowest BCUT2D eigenvalue weighted by atomic mass is 10.1. The minimum absolute atomic E-state index is 0.0988.